The van der Waals surface area contributed by atoms with E-state index in [1.807, 2.05) is 6.07 Å². The fraction of sp³-hybridized carbons (Fsp3) is 0.611. The molecule has 0 saturated carbocycles. The molecule has 0 aromatic heterocycles. The molecule has 2 aliphatic rings. The Bertz CT molecular complexity index is 557. The molecular formula is C18H25BrFN3O. The standard InChI is InChI=1S/C18H25BrFN3O/c19-15-7-14(8-16(20)9-15)12-23-6-2-3-13(11-23)10-22-18(24)17-4-1-5-21-17/h7-9,13,17,21H,1-6,10-12H2,(H,22,24). The van der Waals surface area contributed by atoms with Crippen LogP contribution in [0.1, 0.15) is 31.2 Å². The number of carbonyl (C=O) groups excluding carboxylic acids is 1. The zero-order chi connectivity index (χ0) is 16.9. The average molecular weight is 398 g/mol. The molecule has 4 nitrogen and oxygen atoms in total. The summed E-state index contributed by atoms with van der Waals surface area (Å²) in [6.45, 7) is 4.42. The Morgan fingerprint density at radius 3 is 2.96 bits per heavy atom. The molecule has 2 atom stereocenters. The molecule has 2 fully saturated rings. The van der Waals surface area contributed by atoms with Crippen LogP contribution in [-0.2, 0) is 11.3 Å². The lowest BCUT2D eigenvalue weighted by Crippen LogP contribution is -2.45. The molecule has 6 heteroatoms. The molecule has 1 aromatic carbocycles. The first-order chi connectivity index (χ1) is 11.6. The second kappa shape index (κ2) is 8.41. The zero-order valence-corrected chi connectivity index (χ0v) is 15.4. The maximum atomic E-state index is 13.5. The van der Waals surface area contributed by atoms with E-state index in [4.69, 9.17) is 0 Å². The van der Waals surface area contributed by atoms with Crippen molar-refractivity contribution in [3.05, 3.63) is 34.1 Å². The van der Waals surface area contributed by atoms with E-state index >= 15 is 0 Å². The van der Waals surface area contributed by atoms with Crippen molar-refractivity contribution in [2.75, 3.05) is 26.2 Å². The van der Waals surface area contributed by atoms with Crippen molar-refractivity contribution in [3.8, 4) is 0 Å². The molecule has 2 unspecified atom stereocenters. The van der Waals surface area contributed by atoms with E-state index in [9.17, 15) is 9.18 Å². The Morgan fingerprint density at radius 1 is 1.33 bits per heavy atom. The molecule has 24 heavy (non-hydrogen) atoms. The van der Waals surface area contributed by atoms with Crippen LogP contribution in [0.15, 0.2) is 22.7 Å². The van der Waals surface area contributed by atoms with Crippen molar-refractivity contribution >= 4 is 21.8 Å². The minimum Gasteiger partial charge on any atom is -0.354 e. The second-order valence-corrected chi connectivity index (χ2v) is 7.83. The van der Waals surface area contributed by atoms with Gasteiger partial charge in [0.05, 0.1) is 6.04 Å². The summed E-state index contributed by atoms with van der Waals surface area (Å²) in [4.78, 5) is 14.5. The summed E-state index contributed by atoms with van der Waals surface area (Å²) in [6.07, 6.45) is 4.29. The van der Waals surface area contributed by atoms with Gasteiger partial charge in [0.2, 0.25) is 5.91 Å². The summed E-state index contributed by atoms with van der Waals surface area (Å²) in [7, 11) is 0. The number of halogens is 2. The number of hydrogen-bond donors (Lipinski definition) is 2. The van der Waals surface area contributed by atoms with Crippen LogP contribution in [0, 0.1) is 11.7 Å². The first-order valence-corrected chi connectivity index (χ1v) is 9.58. The molecule has 2 saturated heterocycles. The van der Waals surface area contributed by atoms with Crippen molar-refractivity contribution in [2.24, 2.45) is 5.92 Å². The number of likely N-dealkylation sites (tertiary alicyclic amines) is 1. The van der Waals surface area contributed by atoms with E-state index in [0.717, 1.165) is 68.4 Å². The molecule has 0 spiro atoms. The minimum absolute atomic E-state index is 0.00524. The topological polar surface area (TPSA) is 44.4 Å². The van der Waals surface area contributed by atoms with Crippen molar-refractivity contribution in [3.63, 3.8) is 0 Å². The number of rotatable bonds is 5. The number of carbonyl (C=O) groups is 1. The number of benzene rings is 1. The largest absolute Gasteiger partial charge is 0.354 e. The van der Waals surface area contributed by atoms with E-state index in [-0.39, 0.29) is 17.8 Å². The van der Waals surface area contributed by atoms with Crippen molar-refractivity contribution in [1.82, 2.24) is 15.5 Å². The van der Waals surface area contributed by atoms with Gasteiger partial charge in [-0.15, -0.1) is 0 Å². The van der Waals surface area contributed by atoms with Gasteiger partial charge < -0.3 is 10.6 Å². The van der Waals surface area contributed by atoms with Crippen LogP contribution in [0.3, 0.4) is 0 Å². The molecule has 0 bridgehead atoms. The Morgan fingerprint density at radius 2 is 2.21 bits per heavy atom. The highest BCUT2D eigenvalue weighted by Gasteiger charge is 2.24. The second-order valence-electron chi connectivity index (χ2n) is 6.92. The summed E-state index contributed by atoms with van der Waals surface area (Å²) < 4.78 is 14.3. The molecule has 2 aliphatic heterocycles. The monoisotopic (exact) mass is 397 g/mol. The fourth-order valence-electron chi connectivity index (χ4n) is 3.70. The molecule has 2 N–H and O–H groups in total. The van der Waals surface area contributed by atoms with Gasteiger partial charge in [0.1, 0.15) is 5.82 Å². The normalized spacial score (nSPS) is 24.9. The van der Waals surface area contributed by atoms with E-state index in [1.165, 1.54) is 6.07 Å². The van der Waals surface area contributed by atoms with E-state index in [2.05, 4.69) is 31.5 Å². The van der Waals surface area contributed by atoms with Gasteiger partial charge in [-0.05, 0) is 68.5 Å². The molecule has 1 amide bonds. The molecule has 3 rings (SSSR count). The first kappa shape index (κ1) is 17.8. The minimum atomic E-state index is -0.204. The SMILES string of the molecule is O=C(NCC1CCCN(Cc2cc(F)cc(Br)c2)C1)C1CCCN1. The van der Waals surface area contributed by atoms with E-state index in [0.29, 0.717) is 5.92 Å². The third-order valence-corrected chi connectivity index (χ3v) is 5.33. The highest BCUT2D eigenvalue weighted by Crippen LogP contribution is 2.21. The number of amides is 1. The molecule has 0 radical (unpaired) electrons. The van der Waals surface area contributed by atoms with Gasteiger partial charge in [0.15, 0.2) is 0 Å². The van der Waals surface area contributed by atoms with Gasteiger partial charge in [0.25, 0.3) is 0 Å². The van der Waals surface area contributed by atoms with Gasteiger partial charge >= 0.3 is 0 Å². The van der Waals surface area contributed by atoms with Gasteiger partial charge in [-0.25, -0.2) is 4.39 Å². The third-order valence-electron chi connectivity index (χ3n) is 4.87. The summed E-state index contributed by atoms with van der Waals surface area (Å²) in [6, 6.07) is 5.05. The first-order valence-electron chi connectivity index (χ1n) is 8.78. The van der Waals surface area contributed by atoms with Gasteiger partial charge in [-0.2, -0.15) is 0 Å². The van der Waals surface area contributed by atoms with Gasteiger partial charge in [0, 0.05) is 24.1 Å². The van der Waals surface area contributed by atoms with Crippen LogP contribution in [-0.4, -0.2) is 43.0 Å². The van der Waals surface area contributed by atoms with Crippen LogP contribution >= 0.6 is 15.9 Å². The van der Waals surface area contributed by atoms with E-state index < -0.39 is 0 Å². The molecule has 0 aliphatic carbocycles. The summed E-state index contributed by atoms with van der Waals surface area (Å²) in [5.41, 5.74) is 0.988. The summed E-state index contributed by atoms with van der Waals surface area (Å²) in [5.74, 6) is 0.407. The van der Waals surface area contributed by atoms with Crippen molar-refractivity contribution in [1.29, 1.82) is 0 Å². The molecule has 132 valence electrons. The van der Waals surface area contributed by atoms with Crippen LogP contribution in [0.25, 0.3) is 0 Å². The number of hydrogen-bond acceptors (Lipinski definition) is 3. The Labute approximate surface area is 151 Å². The lowest BCUT2D eigenvalue weighted by Gasteiger charge is -2.33. The average Bonchev–Trinajstić information content (AvgIpc) is 3.06. The number of nitrogens with zero attached hydrogens (tertiary/aromatic N) is 1. The Hall–Kier alpha value is -0.980. The lowest BCUT2D eigenvalue weighted by atomic mass is 9.97. The van der Waals surface area contributed by atoms with E-state index in [1.54, 1.807) is 6.07 Å². The smallest absolute Gasteiger partial charge is 0.237 e. The quantitative estimate of drug-likeness (QED) is 0.802. The molecular weight excluding hydrogens is 373 g/mol. The number of piperidine rings is 1. The zero-order valence-electron chi connectivity index (χ0n) is 13.9. The molecule has 1 aromatic rings. The predicted molar refractivity (Wildman–Crippen MR) is 96.1 cm³/mol. The van der Waals surface area contributed by atoms with Crippen molar-refractivity contribution < 1.29 is 9.18 Å². The summed E-state index contributed by atoms with van der Waals surface area (Å²) >= 11 is 3.35. The van der Waals surface area contributed by atoms with Crippen LogP contribution in [0.5, 0.6) is 0 Å². The van der Waals surface area contributed by atoms with Crippen LogP contribution in [0.4, 0.5) is 4.39 Å². The maximum absolute atomic E-state index is 13.5. The van der Waals surface area contributed by atoms with Gasteiger partial charge in [-0.1, -0.05) is 15.9 Å². The highest BCUT2D eigenvalue weighted by molar-refractivity contribution is 9.10. The van der Waals surface area contributed by atoms with Gasteiger partial charge in [-0.3, -0.25) is 9.69 Å². The van der Waals surface area contributed by atoms with Crippen LogP contribution in [0.2, 0.25) is 0 Å². The lowest BCUT2D eigenvalue weighted by molar-refractivity contribution is -0.123. The third kappa shape index (κ3) is 5.01. The Kier molecular flexibility index (Phi) is 6.25. The number of nitrogens with one attached hydrogen (secondary N) is 2. The summed E-state index contributed by atoms with van der Waals surface area (Å²) in [5, 5.41) is 6.34. The van der Waals surface area contributed by atoms with Crippen molar-refractivity contribution in [2.45, 2.75) is 38.3 Å². The van der Waals surface area contributed by atoms with Crippen LogP contribution < -0.4 is 10.6 Å². The molecule has 2 heterocycles. The maximum Gasteiger partial charge on any atom is 0.237 e. The Balaban J connectivity index is 1.47. The highest BCUT2D eigenvalue weighted by atomic mass is 79.9. The fourth-order valence-corrected chi connectivity index (χ4v) is 4.21. The predicted octanol–water partition coefficient (Wildman–Crippen LogP) is 2.67.